The normalized spacial score (nSPS) is 22.8. The molecule has 14 nitrogen and oxygen atoms in total. The third-order valence-corrected chi connectivity index (χ3v) is 8.08. The van der Waals surface area contributed by atoms with Gasteiger partial charge in [-0.1, -0.05) is 26.8 Å². The summed E-state index contributed by atoms with van der Waals surface area (Å²) in [5.74, 6) is 0.118. The number of benzene rings is 1. The van der Waals surface area contributed by atoms with Gasteiger partial charge in [0.05, 0.1) is 23.9 Å². The number of carbonyl (C=O) groups is 1. The van der Waals surface area contributed by atoms with Gasteiger partial charge in [0.15, 0.2) is 23.5 Å². The van der Waals surface area contributed by atoms with Gasteiger partial charge in [0.25, 0.3) is 0 Å². The number of nitrogens with zero attached hydrogens (tertiary/aromatic N) is 6. The minimum Gasteiger partial charge on any atom is -0.444 e. The fourth-order valence-corrected chi connectivity index (χ4v) is 5.92. The molecule has 4 aromatic rings. The van der Waals surface area contributed by atoms with Gasteiger partial charge in [0.2, 0.25) is 5.95 Å². The molecule has 4 atom stereocenters. The first-order valence-electron chi connectivity index (χ1n) is 15.7. The molecule has 5 heterocycles. The molecule has 46 heavy (non-hydrogen) atoms. The lowest BCUT2D eigenvalue weighted by atomic mass is 9.87. The summed E-state index contributed by atoms with van der Waals surface area (Å²) in [4.78, 5) is 36.0. The van der Waals surface area contributed by atoms with Crippen LogP contribution in [0.25, 0.3) is 22.2 Å². The van der Waals surface area contributed by atoms with Gasteiger partial charge in [-0.25, -0.2) is 24.7 Å². The van der Waals surface area contributed by atoms with Gasteiger partial charge in [-0.2, -0.15) is 0 Å². The zero-order chi connectivity index (χ0) is 33.0. The number of anilines is 2. The summed E-state index contributed by atoms with van der Waals surface area (Å²) in [6, 6.07) is 6.30. The number of nitrogens with two attached hydrogens (primary N) is 1. The molecule has 0 radical (unpaired) electrons. The number of amides is 1. The Labute approximate surface area is 268 Å². The fraction of sp³-hybridized carbons (Fsp3) is 0.594. The van der Waals surface area contributed by atoms with E-state index >= 15 is 0 Å². The van der Waals surface area contributed by atoms with E-state index in [-0.39, 0.29) is 17.8 Å². The Morgan fingerprint density at radius 1 is 1.13 bits per heavy atom. The van der Waals surface area contributed by atoms with E-state index in [0.29, 0.717) is 36.6 Å². The van der Waals surface area contributed by atoms with Gasteiger partial charge < -0.3 is 39.9 Å². The number of hydrogen-bond donors (Lipinski definition) is 3. The van der Waals surface area contributed by atoms with Crippen LogP contribution in [-0.2, 0) is 24.4 Å². The van der Waals surface area contributed by atoms with E-state index in [2.05, 4.69) is 63.1 Å². The highest BCUT2D eigenvalue weighted by molar-refractivity contribution is 5.81. The Kier molecular flexibility index (Phi) is 8.10. The number of fused-ring (bicyclic) bond motifs is 3. The van der Waals surface area contributed by atoms with Crippen LogP contribution < -0.4 is 11.1 Å². The molecule has 3 aromatic heterocycles. The molecule has 248 valence electrons. The van der Waals surface area contributed by atoms with Crippen molar-refractivity contribution in [1.82, 2.24) is 34.4 Å². The van der Waals surface area contributed by atoms with Crippen molar-refractivity contribution in [2.75, 3.05) is 30.7 Å². The van der Waals surface area contributed by atoms with Crippen LogP contribution in [0.1, 0.15) is 73.6 Å². The molecular formula is C32H45N9O5. The summed E-state index contributed by atoms with van der Waals surface area (Å²) >= 11 is 0. The molecule has 0 bridgehead atoms. The van der Waals surface area contributed by atoms with Crippen LogP contribution in [0.4, 0.5) is 16.6 Å². The van der Waals surface area contributed by atoms with Crippen LogP contribution >= 0.6 is 0 Å². The lowest BCUT2D eigenvalue weighted by Crippen LogP contribution is -2.45. The van der Waals surface area contributed by atoms with E-state index < -0.39 is 42.0 Å². The second-order valence-corrected chi connectivity index (χ2v) is 14.5. The van der Waals surface area contributed by atoms with Gasteiger partial charge in [0.1, 0.15) is 35.8 Å². The molecule has 0 aliphatic carbocycles. The van der Waals surface area contributed by atoms with Crippen LogP contribution in [0.3, 0.4) is 0 Å². The molecule has 1 aromatic carbocycles. The van der Waals surface area contributed by atoms with Gasteiger partial charge >= 0.3 is 6.09 Å². The monoisotopic (exact) mass is 635 g/mol. The smallest absolute Gasteiger partial charge is 0.410 e. The first-order chi connectivity index (χ1) is 21.6. The first-order valence-corrected chi connectivity index (χ1v) is 15.7. The maximum absolute atomic E-state index is 13.5. The Balaban J connectivity index is 1.16. The van der Waals surface area contributed by atoms with Gasteiger partial charge in [-0.05, 0) is 64.2 Å². The highest BCUT2D eigenvalue weighted by Gasteiger charge is 2.56. The quantitative estimate of drug-likeness (QED) is 0.229. The summed E-state index contributed by atoms with van der Waals surface area (Å²) in [5, 5.41) is 3.37. The first kappa shape index (κ1) is 32.0. The molecule has 4 N–H and O–H groups in total. The average Bonchev–Trinajstić information content (AvgIpc) is 3.70. The predicted molar refractivity (Wildman–Crippen MR) is 173 cm³/mol. The van der Waals surface area contributed by atoms with E-state index in [0.717, 1.165) is 11.0 Å². The summed E-state index contributed by atoms with van der Waals surface area (Å²) in [6.07, 6.45) is 1.18. The van der Waals surface area contributed by atoms with Crippen molar-refractivity contribution < 1.29 is 23.7 Å². The van der Waals surface area contributed by atoms with Crippen molar-refractivity contribution in [1.29, 1.82) is 0 Å². The zero-order valence-electron chi connectivity index (χ0n) is 27.8. The van der Waals surface area contributed by atoms with Crippen LogP contribution in [0, 0.1) is 0 Å². The number of nitrogen functional groups attached to an aromatic ring is 1. The highest BCUT2D eigenvalue weighted by Crippen LogP contribution is 2.44. The fourth-order valence-electron chi connectivity index (χ4n) is 5.92. The second kappa shape index (κ2) is 11.7. The largest absolute Gasteiger partial charge is 0.444 e. The SMILES string of the molecule is CC(C)(C)OC(=O)N(CCCNc1nc2ccc(C(C)(C)C)cc2[nH]1)CC1OC(n2cnc3c(N)ncnc32)C2OC(C)(C)OC12. The number of ether oxygens (including phenoxy) is 4. The number of carbonyl (C=O) groups excluding carboxylic acids is 1. The lowest BCUT2D eigenvalue weighted by molar-refractivity contribution is -0.197. The molecule has 2 aliphatic heterocycles. The summed E-state index contributed by atoms with van der Waals surface area (Å²) < 4.78 is 26.8. The summed E-state index contributed by atoms with van der Waals surface area (Å²) in [5.41, 5.74) is 9.54. The van der Waals surface area contributed by atoms with E-state index in [1.165, 1.54) is 11.9 Å². The minimum atomic E-state index is -0.846. The second-order valence-electron chi connectivity index (χ2n) is 14.5. The minimum absolute atomic E-state index is 0.0431. The number of aromatic amines is 1. The number of hydrogen-bond acceptors (Lipinski definition) is 11. The highest BCUT2D eigenvalue weighted by atomic mass is 16.8. The standard InChI is InChI=1S/C32H45N9O5/c1-30(2,3)18-10-11-19-20(14-18)39-28(38-19)34-12-9-13-40(29(42)46-31(4,5)6)15-21-23-24(45-32(7,8)44-23)27(43-21)41-17-37-22-25(33)35-16-36-26(22)41/h10-11,14,16-17,21,23-24,27H,9,12-13,15H2,1-8H3,(H2,33,35,36)(H2,34,38,39). The van der Waals surface area contributed by atoms with Crippen LogP contribution in [-0.4, -0.2) is 89.8 Å². The third-order valence-electron chi connectivity index (χ3n) is 8.08. The molecule has 14 heteroatoms. The summed E-state index contributed by atoms with van der Waals surface area (Å²) in [6.45, 7) is 17.1. The maximum Gasteiger partial charge on any atom is 0.410 e. The van der Waals surface area contributed by atoms with Gasteiger partial charge in [-0.15, -0.1) is 0 Å². The number of H-pyrrole nitrogens is 1. The van der Waals surface area contributed by atoms with E-state index in [4.69, 9.17) is 24.7 Å². The molecule has 6 rings (SSSR count). The molecule has 2 saturated heterocycles. The molecule has 4 unspecified atom stereocenters. The molecular weight excluding hydrogens is 590 g/mol. The Bertz CT molecular complexity index is 1720. The van der Waals surface area contributed by atoms with Gasteiger partial charge in [-0.3, -0.25) is 4.57 Å². The van der Waals surface area contributed by atoms with E-state index in [9.17, 15) is 4.79 Å². The van der Waals surface area contributed by atoms with Crippen molar-refractivity contribution in [2.24, 2.45) is 0 Å². The van der Waals surface area contributed by atoms with Crippen molar-refractivity contribution >= 4 is 40.1 Å². The molecule has 2 aliphatic rings. The number of imidazole rings is 2. The van der Waals surface area contributed by atoms with E-state index in [1.54, 1.807) is 15.8 Å². The Hall–Kier alpha value is -4.01. The summed E-state index contributed by atoms with van der Waals surface area (Å²) in [7, 11) is 0. The van der Waals surface area contributed by atoms with Crippen LogP contribution in [0.5, 0.6) is 0 Å². The predicted octanol–water partition coefficient (Wildman–Crippen LogP) is 4.74. The van der Waals surface area contributed by atoms with Crippen molar-refractivity contribution in [2.45, 2.75) is 103 Å². The number of aromatic nitrogens is 6. The maximum atomic E-state index is 13.5. The molecule has 2 fully saturated rings. The number of rotatable bonds is 8. The topological polar surface area (TPSA) is 168 Å². The zero-order valence-corrected chi connectivity index (χ0v) is 27.8. The molecule has 0 saturated carbocycles. The van der Waals surface area contributed by atoms with Crippen molar-refractivity contribution in [3.8, 4) is 0 Å². The molecule has 1 amide bonds. The molecule has 0 spiro atoms. The van der Waals surface area contributed by atoms with E-state index in [1.807, 2.05) is 40.7 Å². The Morgan fingerprint density at radius 3 is 2.63 bits per heavy atom. The Morgan fingerprint density at radius 2 is 1.89 bits per heavy atom. The van der Waals surface area contributed by atoms with Gasteiger partial charge in [0, 0.05) is 13.1 Å². The van der Waals surface area contributed by atoms with Crippen molar-refractivity contribution in [3.05, 3.63) is 36.4 Å². The third kappa shape index (κ3) is 6.60. The lowest BCUT2D eigenvalue weighted by Gasteiger charge is -2.31. The number of nitrogens with one attached hydrogen (secondary N) is 2. The average molecular weight is 636 g/mol. The van der Waals surface area contributed by atoms with Crippen LogP contribution in [0.15, 0.2) is 30.9 Å². The van der Waals surface area contributed by atoms with Crippen molar-refractivity contribution in [3.63, 3.8) is 0 Å². The van der Waals surface area contributed by atoms with Crippen LogP contribution in [0.2, 0.25) is 0 Å².